The molecule has 0 aromatic heterocycles. The van der Waals surface area contributed by atoms with Gasteiger partial charge in [-0.1, -0.05) is 82.2 Å². The minimum absolute atomic E-state index is 0.0562. The van der Waals surface area contributed by atoms with Crippen molar-refractivity contribution in [3.05, 3.63) is 35.9 Å². The van der Waals surface area contributed by atoms with Crippen LogP contribution in [-0.4, -0.2) is 36.9 Å². The van der Waals surface area contributed by atoms with Gasteiger partial charge in [0, 0.05) is 12.0 Å². The third-order valence-corrected chi connectivity index (χ3v) is 6.25. The van der Waals surface area contributed by atoms with Crippen LogP contribution in [0, 0.1) is 5.92 Å². The molecular weight excluding hydrogens is 378 g/mol. The SMILES string of the molecule is CCCCCCCCCC(N)[C@H]1COC(OCc2ccccc2)[C@H]2OC(C)(C)O[C@H]12. The molecule has 0 saturated carbocycles. The standard InChI is InChI=1S/C25H41NO4/c1-4-5-6-7-8-9-13-16-21(26)20-18-28-24(23-22(20)29-25(2,3)30-23)27-17-19-14-11-10-12-15-19/h10-12,14-15,20-24H,4-9,13,16-18,26H2,1-3H3/t20-,21?,22-,23+,24?/m1/s1. The van der Waals surface area contributed by atoms with Gasteiger partial charge in [-0.25, -0.2) is 0 Å². The van der Waals surface area contributed by atoms with Gasteiger partial charge in [-0.05, 0) is 25.8 Å². The van der Waals surface area contributed by atoms with E-state index in [0.29, 0.717) is 13.2 Å². The number of nitrogens with two attached hydrogens (primary N) is 1. The summed E-state index contributed by atoms with van der Waals surface area (Å²) in [7, 11) is 0. The molecule has 2 heterocycles. The Morgan fingerprint density at radius 1 is 1.00 bits per heavy atom. The first-order chi connectivity index (χ1) is 14.5. The Morgan fingerprint density at radius 3 is 2.40 bits per heavy atom. The molecule has 170 valence electrons. The number of ether oxygens (including phenoxy) is 4. The topological polar surface area (TPSA) is 62.9 Å². The van der Waals surface area contributed by atoms with E-state index >= 15 is 0 Å². The van der Waals surface area contributed by atoms with Crippen molar-refractivity contribution in [3.63, 3.8) is 0 Å². The summed E-state index contributed by atoms with van der Waals surface area (Å²) in [5.74, 6) is -0.511. The van der Waals surface area contributed by atoms with E-state index in [1.54, 1.807) is 0 Å². The summed E-state index contributed by atoms with van der Waals surface area (Å²) in [4.78, 5) is 0. The molecule has 5 atom stereocenters. The molecule has 30 heavy (non-hydrogen) atoms. The van der Waals surface area contributed by atoms with Crippen molar-refractivity contribution in [1.82, 2.24) is 0 Å². The predicted molar refractivity (Wildman–Crippen MR) is 119 cm³/mol. The summed E-state index contributed by atoms with van der Waals surface area (Å²) in [6.07, 6.45) is 9.30. The van der Waals surface area contributed by atoms with Gasteiger partial charge < -0.3 is 24.7 Å². The lowest BCUT2D eigenvalue weighted by Crippen LogP contribution is -2.54. The third kappa shape index (κ3) is 6.76. The van der Waals surface area contributed by atoms with Crippen molar-refractivity contribution in [2.75, 3.05) is 6.61 Å². The minimum atomic E-state index is -0.644. The first kappa shape index (κ1) is 23.7. The van der Waals surface area contributed by atoms with E-state index in [9.17, 15) is 0 Å². The van der Waals surface area contributed by atoms with Gasteiger partial charge in [-0.3, -0.25) is 0 Å². The van der Waals surface area contributed by atoms with Crippen molar-refractivity contribution in [3.8, 4) is 0 Å². The van der Waals surface area contributed by atoms with Crippen LogP contribution in [-0.2, 0) is 25.6 Å². The van der Waals surface area contributed by atoms with Gasteiger partial charge in [-0.2, -0.15) is 0 Å². The first-order valence-electron chi connectivity index (χ1n) is 11.9. The molecule has 2 aliphatic heterocycles. The van der Waals surface area contributed by atoms with Crippen LogP contribution in [0.2, 0.25) is 0 Å². The molecule has 0 bridgehead atoms. The smallest absolute Gasteiger partial charge is 0.186 e. The number of rotatable bonds is 12. The fourth-order valence-corrected chi connectivity index (χ4v) is 4.57. The lowest BCUT2D eigenvalue weighted by molar-refractivity contribution is -0.245. The van der Waals surface area contributed by atoms with Gasteiger partial charge in [-0.15, -0.1) is 0 Å². The highest BCUT2D eigenvalue weighted by molar-refractivity contribution is 5.13. The maximum absolute atomic E-state index is 6.61. The van der Waals surface area contributed by atoms with Gasteiger partial charge >= 0.3 is 0 Å². The second-order valence-electron chi connectivity index (χ2n) is 9.30. The number of hydrogen-bond donors (Lipinski definition) is 1. The maximum Gasteiger partial charge on any atom is 0.186 e. The second-order valence-corrected chi connectivity index (χ2v) is 9.30. The third-order valence-electron chi connectivity index (χ3n) is 6.25. The second kappa shape index (κ2) is 11.6. The van der Waals surface area contributed by atoms with E-state index in [4.69, 9.17) is 24.7 Å². The molecule has 0 aliphatic carbocycles. The van der Waals surface area contributed by atoms with E-state index in [1.165, 1.54) is 44.9 Å². The van der Waals surface area contributed by atoms with Gasteiger partial charge in [0.25, 0.3) is 0 Å². The highest BCUT2D eigenvalue weighted by atomic mass is 16.8. The van der Waals surface area contributed by atoms with Crippen molar-refractivity contribution >= 4 is 0 Å². The zero-order valence-corrected chi connectivity index (χ0v) is 19.1. The van der Waals surface area contributed by atoms with Crippen LogP contribution in [0.25, 0.3) is 0 Å². The Kier molecular flexibility index (Phi) is 9.14. The van der Waals surface area contributed by atoms with E-state index in [1.807, 2.05) is 32.0 Å². The van der Waals surface area contributed by atoms with Crippen molar-refractivity contribution in [2.24, 2.45) is 11.7 Å². The number of benzene rings is 1. The van der Waals surface area contributed by atoms with Crippen LogP contribution in [0.4, 0.5) is 0 Å². The molecule has 1 aromatic rings. The molecule has 2 N–H and O–H groups in total. The van der Waals surface area contributed by atoms with Crippen molar-refractivity contribution in [2.45, 2.75) is 109 Å². The number of hydrogen-bond acceptors (Lipinski definition) is 5. The summed E-state index contributed by atoms with van der Waals surface area (Å²) < 4.78 is 24.7. The molecular formula is C25H41NO4. The van der Waals surface area contributed by atoms with Crippen molar-refractivity contribution < 1.29 is 18.9 Å². The van der Waals surface area contributed by atoms with Gasteiger partial charge in [0.2, 0.25) is 0 Å². The van der Waals surface area contributed by atoms with Crippen LogP contribution in [0.5, 0.6) is 0 Å². The van der Waals surface area contributed by atoms with E-state index < -0.39 is 12.1 Å². The molecule has 0 amide bonds. The Hall–Kier alpha value is -0.980. The lowest BCUT2D eigenvalue weighted by Gasteiger charge is -2.39. The van der Waals surface area contributed by atoms with Crippen LogP contribution >= 0.6 is 0 Å². The summed E-state index contributed by atoms with van der Waals surface area (Å²) in [6.45, 7) is 7.22. The molecule has 0 radical (unpaired) electrons. The summed E-state index contributed by atoms with van der Waals surface area (Å²) >= 11 is 0. The fraction of sp³-hybridized carbons (Fsp3) is 0.760. The van der Waals surface area contributed by atoms with E-state index in [0.717, 1.165) is 12.0 Å². The van der Waals surface area contributed by atoms with Crippen LogP contribution in [0.15, 0.2) is 30.3 Å². The van der Waals surface area contributed by atoms with E-state index in [-0.39, 0.29) is 24.2 Å². The molecule has 2 aliphatic rings. The highest BCUT2D eigenvalue weighted by Gasteiger charge is 2.53. The fourth-order valence-electron chi connectivity index (χ4n) is 4.57. The Balaban J connectivity index is 1.49. The highest BCUT2D eigenvalue weighted by Crippen LogP contribution is 2.39. The van der Waals surface area contributed by atoms with Gasteiger partial charge in [0.05, 0.1) is 19.3 Å². The summed E-state index contributed by atoms with van der Waals surface area (Å²) in [5.41, 5.74) is 7.73. The summed E-state index contributed by atoms with van der Waals surface area (Å²) in [6, 6.07) is 10.2. The van der Waals surface area contributed by atoms with Gasteiger partial charge in [0.1, 0.15) is 6.10 Å². The Morgan fingerprint density at radius 2 is 1.67 bits per heavy atom. The minimum Gasteiger partial charge on any atom is -0.349 e. The first-order valence-corrected chi connectivity index (χ1v) is 11.9. The zero-order chi connectivity index (χ0) is 21.4. The van der Waals surface area contributed by atoms with E-state index in [2.05, 4.69) is 19.1 Å². The average Bonchev–Trinajstić information content (AvgIpc) is 3.07. The van der Waals surface area contributed by atoms with Crippen LogP contribution in [0.1, 0.15) is 77.7 Å². The van der Waals surface area contributed by atoms with Gasteiger partial charge in [0.15, 0.2) is 12.1 Å². The maximum atomic E-state index is 6.61. The monoisotopic (exact) mass is 419 g/mol. The van der Waals surface area contributed by atoms with Crippen molar-refractivity contribution in [1.29, 1.82) is 0 Å². The summed E-state index contributed by atoms with van der Waals surface area (Å²) in [5, 5.41) is 0. The molecule has 5 heteroatoms. The lowest BCUT2D eigenvalue weighted by atomic mass is 9.86. The average molecular weight is 420 g/mol. The number of fused-ring (bicyclic) bond motifs is 1. The quantitative estimate of drug-likeness (QED) is 0.474. The normalized spacial score (nSPS) is 28.9. The number of unbranched alkanes of at least 4 members (excludes halogenated alkanes) is 6. The molecule has 1 aromatic carbocycles. The van der Waals surface area contributed by atoms with Crippen LogP contribution < -0.4 is 5.73 Å². The molecule has 2 saturated heterocycles. The molecule has 0 spiro atoms. The molecule has 2 fully saturated rings. The Bertz CT molecular complexity index is 608. The molecule has 5 nitrogen and oxygen atoms in total. The molecule has 3 rings (SSSR count). The largest absolute Gasteiger partial charge is 0.349 e. The molecule has 2 unspecified atom stereocenters. The zero-order valence-electron chi connectivity index (χ0n) is 19.1. The van der Waals surface area contributed by atoms with Crippen LogP contribution in [0.3, 0.4) is 0 Å². The Labute approximate surface area is 182 Å². The predicted octanol–water partition coefficient (Wildman–Crippen LogP) is 5.16.